The van der Waals surface area contributed by atoms with Gasteiger partial charge in [-0.1, -0.05) is 6.07 Å². The van der Waals surface area contributed by atoms with Crippen LogP contribution in [0.1, 0.15) is 53.4 Å². The van der Waals surface area contributed by atoms with Gasteiger partial charge < -0.3 is 14.9 Å². The van der Waals surface area contributed by atoms with Gasteiger partial charge in [0.1, 0.15) is 5.75 Å². The Morgan fingerprint density at radius 1 is 1.09 bits per heavy atom. The Kier molecular flexibility index (Phi) is 6.72. The van der Waals surface area contributed by atoms with Gasteiger partial charge in [-0.2, -0.15) is 5.10 Å². The highest BCUT2D eigenvalue weighted by atomic mass is 16.5. The molecule has 0 fully saturated rings. The monoisotopic (exact) mass is 472 g/mol. The smallest absolute Gasteiger partial charge is 0.305 e. The number of aromatic nitrogens is 4. The first kappa shape index (κ1) is 23.0. The molecule has 4 aromatic rings. The summed E-state index contributed by atoms with van der Waals surface area (Å²) in [4.78, 5) is 20.6. The van der Waals surface area contributed by atoms with Crippen molar-refractivity contribution < 1.29 is 19.7 Å². The molecule has 0 radical (unpaired) electrons. The minimum Gasteiger partial charge on any atom is -0.493 e. The Morgan fingerprint density at radius 3 is 2.83 bits per heavy atom. The average Bonchev–Trinajstić information content (AvgIpc) is 3.30. The topological polar surface area (TPSA) is 110 Å². The van der Waals surface area contributed by atoms with E-state index in [-0.39, 0.29) is 13.0 Å². The van der Waals surface area contributed by atoms with E-state index in [0.29, 0.717) is 17.7 Å². The van der Waals surface area contributed by atoms with E-state index in [1.54, 1.807) is 29.3 Å². The first-order valence-corrected chi connectivity index (χ1v) is 11.9. The van der Waals surface area contributed by atoms with Crippen molar-refractivity contribution in [2.45, 2.75) is 51.2 Å². The number of aliphatic carboxylic acids is 1. The second-order valence-corrected chi connectivity index (χ2v) is 8.92. The number of carboxylic acid groups (broad SMARTS) is 1. The third kappa shape index (κ3) is 5.17. The number of aliphatic hydroxyl groups is 1. The molecule has 1 aliphatic carbocycles. The summed E-state index contributed by atoms with van der Waals surface area (Å²) in [5.74, 6) is -0.211. The van der Waals surface area contributed by atoms with Crippen LogP contribution in [-0.4, -0.2) is 42.5 Å². The molecule has 0 bridgehead atoms. The number of aryl methyl sites for hydroxylation is 2. The lowest BCUT2D eigenvalue weighted by Gasteiger charge is -2.18. The van der Waals surface area contributed by atoms with Crippen LogP contribution in [0.2, 0.25) is 0 Å². The zero-order valence-corrected chi connectivity index (χ0v) is 19.4. The number of ether oxygens (including phenoxy) is 1. The van der Waals surface area contributed by atoms with Crippen LogP contribution in [0, 0.1) is 0 Å². The standard InChI is InChI=1S/C27H28N4O4/c32-17-18-11-20(15-28-14-18)26(13-27(33)34)31-25-8-7-23(12-21(25)16-29-31)35-10-9-22-6-5-19-3-1-2-4-24(19)30-22/h5-8,11-12,14-16,26,32H,1-4,9-10,13,17H2,(H,33,34). The first-order valence-electron chi connectivity index (χ1n) is 11.9. The van der Waals surface area contributed by atoms with Crippen molar-refractivity contribution in [3.05, 3.63) is 83.1 Å². The number of pyridine rings is 2. The molecular weight excluding hydrogens is 444 g/mol. The summed E-state index contributed by atoms with van der Waals surface area (Å²) in [6.07, 6.45) is 10.1. The Bertz CT molecular complexity index is 1350. The van der Waals surface area contributed by atoms with Crippen molar-refractivity contribution >= 4 is 16.9 Å². The molecule has 1 atom stereocenters. The molecule has 180 valence electrons. The van der Waals surface area contributed by atoms with E-state index in [2.05, 4.69) is 22.2 Å². The molecule has 0 amide bonds. The van der Waals surface area contributed by atoms with E-state index in [1.165, 1.54) is 24.1 Å². The van der Waals surface area contributed by atoms with Gasteiger partial charge in [0.15, 0.2) is 0 Å². The van der Waals surface area contributed by atoms with Gasteiger partial charge >= 0.3 is 5.97 Å². The van der Waals surface area contributed by atoms with E-state index >= 15 is 0 Å². The Hall–Kier alpha value is -3.78. The molecule has 0 spiro atoms. The van der Waals surface area contributed by atoms with Crippen LogP contribution >= 0.6 is 0 Å². The highest BCUT2D eigenvalue weighted by Crippen LogP contribution is 2.29. The summed E-state index contributed by atoms with van der Waals surface area (Å²) in [7, 11) is 0. The number of nitrogens with zero attached hydrogens (tertiary/aromatic N) is 4. The van der Waals surface area contributed by atoms with Crippen LogP contribution in [0.4, 0.5) is 0 Å². The van der Waals surface area contributed by atoms with E-state index in [9.17, 15) is 15.0 Å². The lowest BCUT2D eigenvalue weighted by molar-refractivity contribution is -0.137. The molecule has 0 saturated heterocycles. The van der Waals surface area contributed by atoms with E-state index in [4.69, 9.17) is 9.72 Å². The first-order chi connectivity index (χ1) is 17.1. The highest BCUT2D eigenvalue weighted by molar-refractivity contribution is 5.81. The normalized spacial score (nSPS) is 14.0. The summed E-state index contributed by atoms with van der Waals surface area (Å²) >= 11 is 0. The fraction of sp³-hybridized carbons (Fsp3) is 0.333. The molecule has 1 unspecified atom stereocenters. The maximum atomic E-state index is 11.6. The number of rotatable bonds is 9. The SMILES string of the molecule is O=C(O)CC(c1cncc(CO)c1)n1ncc2cc(OCCc3ccc4c(n3)CCCC4)ccc21. The molecule has 2 N–H and O–H groups in total. The molecule has 3 aromatic heterocycles. The maximum Gasteiger partial charge on any atom is 0.305 e. The number of carbonyl (C=O) groups is 1. The van der Waals surface area contributed by atoms with Crippen molar-refractivity contribution in [1.82, 2.24) is 19.7 Å². The largest absolute Gasteiger partial charge is 0.493 e. The van der Waals surface area contributed by atoms with Crippen molar-refractivity contribution in [1.29, 1.82) is 0 Å². The quantitative estimate of drug-likeness (QED) is 0.380. The third-order valence-electron chi connectivity index (χ3n) is 6.48. The summed E-state index contributed by atoms with van der Waals surface area (Å²) < 4.78 is 7.70. The van der Waals surface area contributed by atoms with Gasteiger partial charge in [-0.3, -0.25) is 19.4 Å². The molecule has 3 heterocycles. The van der Waals surface area contributed by atoms with Crippen molar-refractivity contribution in [2.75, 3.05) is 6.61 Å². The number of hydrogen-bond donors (Lipinski definition) is 2. The summed E-state index contributed by atoms with van der Waals surface area (Å²) in [5, 5.41) is 24.3. The average molecular weight is 473 g/mol. The van der Waals surface area contributed by atoms with E-state index in [1.807, 2.05) is 18.2 Å². The van der Waals surface area contributed by atoms with E-state index < -0.39 is 12.0 Å². The maximum absolute atomic E-state index is 11.6. The summed E-state index contributed by atoms with van der Waals surface area (Å²) in [6.45, 7) is 0.356. The van der Waals surface area contributed by atoms with Gasteiger partial charge in [-0.05, 0) is 72.7 Å². The zero-order valence-electron chi connectivity index (χ0n) is 19.4. The number of carboxylic acids is 1. The van der Waals surface area contributed by atoms with Crippen molar-refractivity contribution in [3.63, 3.8) is 0 Å². The van der Waals surface area contributed by atoms with Crippen LogP contribution in [-0.2, 0) is 30.7 Å². The minimum absolute atomic E-state index is 0.153. The van der Waals surface area contributed by atoms with Gasteiger partial charge in [0.25, 0.3) is 0 Å². The molecule has 1 aliphatic rings. The van der Waals surface area contributed by atoms with Gasteiger partial charge in [-0.15, -0.1) is 0 Å². The van der Waals surface area contributed by atoms with Gasteiger partial charge in [-0.25, -0.2) is 0 Å². The number of hydrogen-bond acceptors (Lipinski definition) is 6. The van der Waals surface area contributed by atoms with Crippen molar-refractivity contribution in [2.24, 2.45) is 0 Å². The Balaban J connectivity index is 1.32. The summed E-state index contributed by atoms with van der Waals surface area (Å²) in [6, 6.07) is 11.2. The fourth-order valence-electron chi connectivity index (χ4n) is 4.70. The predicted octanol–water partition coefficient (Wildman–Crippen LogP) is 3.88. The number of fused-ring (bicyclic) bond motifs is 2. The second kappa shape index (κ2) is 10.2. The highest BCUT2D eigenvalue weighted by Gasteiger charge is 2.21. The molecule has 35 heavy (non-hydrogen) atoms. The van der Waals surface area contributed by atoms with Gasteiger partial charge in [0.2, 0.25) is 0 Å². The Labute approximate surface area is 203 Å². The second-order valence-electron chi connectivity index (χ2n) is 8.92. The van der Waals surface area contributed by atoms with Crippen LogP contribution in [0.25, 0.3) is 10.9 Å². The summed E-state index contributed by atoms with van der Waals surface area (Å²) in [5.41, 5.74) is 5.77. The molecule has 8 nitrogen and oxygen atoms in total. The minimum atomic E-state index is -0.941. The van der Waals surface area contributed by atoms with E-state index in [0.717, 1.165) is 41.6 Å². The lowest BCUT2D eigenvalue weighted by Crippen LogP contribution is -2.17. The van der Waals surface area contributed by atoms with Crippen LogP contribution in [0.3, 0.4) is 0 Å². The van der Waals surface area contributed by atoms with Gasteiger partial charge in [0.05, 0.1) is 37.4 Å². The number of benzene rings is 1. The molecule has 0 saturated carbocycles. The van der Waals surface area contributed by atoms with Crippen LogP contribution in [0.5, 0.6) is 5.75 Å². The third-order valence-corrected chi connectivity index (χ3v) is 6.48. The molecule has 0 aliphatic heterocycles. The molecular formula is C27H28N4O4. The lowest BCUT2D eigenvalue weighted by atomic mass is 9.96. The molecule has 5 rings (SSSR count). The molecule has 1 aromatic carbocycles. The van der Waals surface area contributed by atoms with Gasteiger partial charge in [0, 0.05) is 35.6 Å². The Morgan fingerprint density at radius 2 is 1.97 bits per heavy atom. The number of aliphatic hydroxyl groups excluding tert-OH is 1. The molecule has 8 heteroatoms. The fourth-order valence-corrected chi connectivity index (χ4v) is 4.70. The van der Waals surface area contributed by atoms with Crippen LogP contribution in [0.15, 0.2) is 55.0 Å². The van der Waals surface area contributed by atoms with Crippen molar-refractivity contribution in [3.8, 4) is 5.75 Å². The predicted molar refractivity (Wildman–Crippen MR) is 130 cm³/mol. The van der Waals surface area contributed by atoms with Crippen LogP contribution < -0.4 is 4.74 Å². The zero-order chi connectivity index (χ0) is 24.2.